The minimum absolute atomic E-state index is 0.412. The second kappa shape index (κ2) is 4.71. The van der Waals surface area contributed by atoms with Crippen LogP contribution in [0.4, 0.5) is 0 Å². The Hall–Kier alpha value is -1.23. The van der Waals surface area contributed by atoms with Crippen LogP contribution in [0.3, 0.4) is 0 Å². The van der Waals surface area contributed by atoms with E-state index >= 15 is 0 Å². The molecule has 0 fully saturated rings. The highest BCUT2D eigenvalue weighted by Gasteiger charge is 1.93. The Morgan fingerprint density at radius 1 is 1.54 bits per heavy atom. The molecule has 0 aromatic carbocycles. The Morgan fingerprint density at radius 3 is 2.85 bits per heavy atom. The quantitative estimate of drug-likeness (QED) is 0.582. The minimum atomic E-state index is -0.412. The fraction of sp³-hybridized carbons (Fsp3) is 0.125. The van der Waals surface area contributed by atoms with Crippen molar-refractivity contribution < 1.29 is 9.53 Å². The highest BCUT2D eigenvalue weighted by atomic mass is 79.9. The summed E-state index contributed by atoms with van der Waals surface area (Å²) in [6.45, 7) is 0. The summed E-state index contributed by atoms with van der Waals surface area (Å²) in [5, 5.41) is 0. The third-order valence-corrected chi connectivity index (χ3v) is 1.64. The molecule has 0 aliphatic carbocycles. The van der Waals surface area contributed by atoms with Gasteiger partial charge in [-0.3, -0.25) is 4.98 Å². The Bertz CT molecular complexity index is 321. The Kier molecular flexibility index (Phi) is 3.57. The monoisotopic (exact) mass is 242 g/mol. The van der Waals surface area contributed by atoms with Gasteiger partial charge in [-0.1, -0.05) is 0 Å². The number of nitrogens with zero attached hydrogens (tertiary/aromatic N) is 2. The van der Waals surface area contributed by atoms with Gasteiger partial charge in [-0.05, 0) is 22.0 Å². The van der Waals surface area contributed by atoms with Crippen LogP contribution >= 0.6 is 15.9 Å². The van der Waals surface area contributed by atoms with Gasteiger partial charge in [0.2, 0.25) is 0 Å². The molecule has 5 heteroatoms. The van der Waals surface area contributed by atoms with E-state index in [-0.39, 0.29) is 0 Å². The topological polar surface area (TPSA) is 52.1 Å². The molecule has 0 unspecified atom stereocenters. The number of hydrogen-bond acceptors (Lipinski definition) is 4. The van der Waals surface area contributed by atoms with Crippen LogP contribution in [-0.2, 0) is 9.53 Å². The van der Waals surface area contributed by atoms with E-state index in [0.29, 0.717) is 10.3 Å². The van der Waals surface area contributed by atoms with E-state index in [2.05, 4.69) is 30.6 Å². The number of rotatable bonds is 2. The molecule has 0 radical (unpaired) electrons. The molecule has 68 valence electrons. The lowest BCUT2D eigenvalue weighted by atomic mass is 10.4. The molecule has 1 rings (SSSR count). The second-order valence-corrected chi connectivity index (χ2v) is 2.93. The van der Waals surface area contributed by atoms with Gasteiger partial charge in [0.25, 0.3) is 0 Å². The maximum atomic E-state index is 10.7. The normalized spacial score (nSPS) is 10.3. The molecular weight excluding hydrogens is 236 g/mol. The second-order valence-electron chi connectivity index (χ2n) is 2.12. The molecule has 1 aromatic rings. The molecular formula is C8H7BrN2O2. The van der Waals surface area contributed by atoms with E-state index in [1.165, 1.54) is 19.3 Å². The summed E-state index contributed by atoms with van der Waals surface area (Å²) in [6.07, 6.45) is 5.92. The van der Waals surface area contributed by atoms with Crippen molar-refractivity contribution in [2.75, 3.05) is 7.11 Å². The Morgan fingerprint density at radius 2 is 2.31 bits per heavy atom. The molecule has 1 heterocycles. The van der Waals surface area contributed by atoms with Crippen LogP contribution in [0.2, 0.25) is 0 Å². The number of ether oxygens (including phenoxy) is 1. The summed E-state index contributed by atoms with van der Waals surface area (Å²) in [5.41, 5.74) is 0.605. The van der Waals surface area contributed by atoms with Gasteiger partial charge in [0, 0.05) is 6.08 Å². The van der Waals surface area contributed by atoms with Crippen molar-refractivity contribution in [3.63, 3.8) is 0 Å². The third kappa shape index (κ3) is 3.33. The zero-order valence-corrected chi connectivity index (χ0v) is 8.48. The van der Waals surface area contributed by atoms with Crippen LogP contribution in [0.5, 0.6) is 0 Å². The number of esters is 1. The molecule has 0 spiro atoms. The van der Waals surface area contributed by atoms with E-state index in [4.69, 9.17) is 0 Å². The Balaban J connectivity index is 2.69. The number of hydrogen-bond donors (Lipinski definition) is 0. The van der Waals surface area contributed by atoms with Gasteiger partial charge in [0.15, 0.2) is 0 Å². The summed E-state index contributed by atoms with van der Waals surface area (Å²) in [4.78, 5) is 18.6. The number of halogens is 1. The van der Waals surface area contributed by atoms with E-state index < -0.39 is 5.97 Å². The van der Waals surface area contributed by atoms with Crippen molar-refractivity contribution in [1.29, 1.82) is 0 Å². The van der Waals surface area contributed by atoms with E-state index in [1.807, 2.05) is 0 Å². The van der Waals surface area contributed by atoms with Gasteiger partial charge in [-0.25, -0.2) is 9.78 Å². The average molecular weight is 243 g/mol. The summed E-state index contributed by atoms with van der Waals surface area (Å²) in [6, 6.07) is 0. The molecule has 13 heavy (non-hydrogen) atoms. The molecule has 0 aliphatic rings. The van der Waals surface area contributed by atoms with Crippen molar-refractivity contribution >= 4 is 28.0 Å². The standard InChI is InChI=1S/C8H7BrN2O2/c1-13-8(12)3-2-6-4-11-7(9)5-10-6/h2-5H,1H3. The van der Waals surface area contributed by atoms with Crippen molar-refractivity contribution in [2.45, 2.75) is 0 Å². The molecule has 0 amide bonds. The zero-order chi connectivity index (χ0) is 9.68. The summed E-state index contributed by atoms with van der Waals surface area (Å²) in [5.74, 6) is -0.412. The Labute approximate surface area is 83.8 Å². The van der Waals surface area contributed by atoms with Crippen LogP contribution in [-0.4, -0.2) is 23.0 Å². The van der Waals surface area contributed by atoms with Gasteiger partial charge in [0.1, 0.15) is 4.60 Å². The summed E-state index contributed by atoms with van der Waals surface area (Å²) >= 11 is 3.15. The van der Waals surface area contributed by atoms with Gasteiger partial charge in [-0.15, -0.1) is 0 Å². The van der Waals surface area contributed by atoms with Crippen molar-refractivity contribution in [1.82, 2.24) is 9.97 Å². The van der Waals surface area contributed by atoms with Gasteiger partial charge < -0.3 is 4.74 Å². The predicted octanol–water partition coefficient (Wildman–Crippen LogP) is 1.43. The van der Waals surface area contributed by atoms with Crippen LogP contribution in [0.1, 0.15) is 5.69 Å². The van der Waals surface area contributed by atoms with E-state index in [0.717, 1.165) is 0 Å². The van der Waals surface area contributed by atoms with Gasteiger partial charge in [-0.2, -0.15) is 0 Å². The smallest absolute Gasteiger partial charge is 0.330 e. The number of aromatic nitrogens is 2. The molecule has 0 atom stereocenters. The molecule has 0 aliphatic heterocycles. The van der Waals surface area contributed by atoms with Gasteiger partial charge >= 0.3 is 5.97 Å². The number of methoxy groups -OCH3 is 1. The molecule has 1 aromatic heterocycles. The first-order valence-electron chi connectivity index (χ1n) is 3.46. The van der Waals surface area contributed by atoms with Crippen LogP contribution in [0.15, 0.2) is 23.1 Å². The summed E-state index contributed by atoms with van der Waals surface area (Å²) in [7, 11) is 1.32. The largest absolute Gasteiger partial charge is 0.466 e. The van der Waals surface area contributed by atoms with Crippen LogP contribution < -0.4 is 0 Å². The van der Waals surface area contributed by atoms with Crippen molar-refractivity contribution in [2.24, 2.45) is 0 Å². The lowest BCUT2D eigenvalue weighted by molar-refractivity contribution is -0.134. The van der Waals surface area contributed by atoms with Crippen molar-refractivity contribution in [3.05, 3.63) is 28.8 Å². The number of carbonyl (C=O) groups excluding carboxylic acids is 1. The first-order chi connectivity index (χ1) is 6.22. The molecule has 0 bridgehead atoms. The molecule has 0 saturated carbocycles. The first-order valence-corrected chi connectivity index (χ1v) is 4.25. The summed E-state index contributed by atoms with van der Waals surface area (Å²) < 4.78 is 5.07. The van der Waals surface area contributed by atoms with E-state index in [9.17, 15) is 4.79 Å². The van der Waals surface area contributed by atoms with Crippen LogP contribution in [0.25, 0.3) is 6.08 Å². The van der Waals surface area contributed by atoms with E-state index in [1.54, 1.807) is 12.4 Å². The van der Waals surface area contributed by atoms with Gasteiger partial charge in [0.05, 0.1) is 25.2 Å². The fourth-order valence-corrected chi connectivity index (χ4v) is 0.835. The molecule has 0 saturated heterocycles. The molecule has 0 N–H and O–H groups in total. The lowest BCUT2D eigenvalue weighted by Gasteiger charge is -1.92. The fourth-order valence-electron chi connectivity index (χ4n) is 0.630. The minimum Gasteiger partial charge on any atom is -0.466 e. The van der Waals surface area contributed by atoms with Crippen LogP contribution in [0, 0.1) is 0 Å². The van der Waals surface area contributed by atoms with Crippen molar-refractivity contribution in [3.8, 4) is 0 Å². The highest BCUT2D eigenvalue weighted by molar-refractivity contribution is 9.10. The third-order valence-electron chi connectivity index (χ3n) is 1.23. The SMILES string of the molecule is COC(=O)C=Cc1cnc(Br)cn1. The lowest BCUT2D eigenvalue weighted by Crippen LogP contribution is -1.93. The highest BCUT2D eigenvalue weighted by Crippen LogP contribution is 2.03. The maximum absolute atomic E-state index is 10.7. The predicted molar refractivity (Wildman–Crippen MR) is 50.8 cm³/mol. The zero-order valence-electron chi connectivity index (χ0n) is 6.90. The average Bonchev–Trinajstić information content (AvgIpc) is 2.16. The number of carbonyl (C=O) groups is 1. The maximum Gasteiger partial charge on any atom is 0.330 e. The first kappa shape index (κ1) is 9.85. The molecule has 4 nitrogen and oxygen atoms in total.